The third-order valence-corrected chi connectivity index (χ3v) is 5.50. The van der Waals surface area contributed by atoms with Gasteiger partial charge in [-0.2, -0.15) is 0 Å². The minimum atomic E-state index is -0.0327. The molecule has 3 aromatic carbocycles. The molecule has 0 aliphatic carbocycles. The lowest BCUT2D eigenvalue weighted by Gasteiger charge is -2.18. The van der Waals surface area contributed by atoms with E-state index in [4.69, 9.17) is 17.3 Å². The number of benzene rings is 3. The first-order chi connectivity index (χ1) is 12.1. The summed E-state index contributed by atoms with van der Waals surface area (Å²) in [5.74, 6) is 0.113. The van der Waals surface area contributed by atoms with Crippen LogP contribution in [0.15, 0.2) is 83.8 Å². The molecule has 2 N–H and O–H groups in total. The minimum absolute atomic E-state index is 0.0327. The van der Waals surface area contributed by atoms with Gasteiger partial charge in [0, 0.05) is 32.8 Å². The van der Waals surface area contributed by atoms with E-state index in [0.29, 0.717) is 11.4 Å². The molecule has 0 amide bonds. The SMILES string of the molecule is Nc1ccccc1S[C@H](CC(=O)c1ccccc1)c1ccc(Cl)cc1. The summed E-state index contributed by atoms with van der Waals surface area (Å²) in [6.45, 7) is 0. The van der Waals surface area contributed by atoms with Gasteiger partial charge in [0.05, 0.1) is 0 Å². The second kappa shape index (κ2) is 8.24. The largest absolute Gasteiger partial charge is 0.398 e. The maximum Gasteiger partial charge on any atom is 0.164 e. The molecule has 0 spiro atoms. The number of thioether (sulfide) groups is 1. The topological polar surface area (TPSA) is 43.1 Å². The van der Waals surface area contributed by atoms with E-state index in [1.807, 2.05) is 78.9 Å². The van der Waals surface area contributed by atoms with Gasteiger partial charge in [-0.1, -0.05) is 66.2 Å². The average molecular weight is 368 g/mol. The first-order valence-electron chi connectivity index (χ1n) is 7.98. The summed E-state index contributed by atoms with van der Waals surface area (Å²) in [7, 11) is 0. The highest BCUT2D eigenvalue weighted by molar-refractivity contribution is 7.99. The van der Waals surface area contributed by atoms with Crippen molar-refractivity contribution in [2.24, 2.45) is 0 Å². The zero-order chi connectivity index (χ0) is 17.6. The van der Waals surface area contributed by atoms with Crippen LogP contribution in [-0.2, 0) is 0 Å². The van der Waals surface area contributed by atoms with E-state index in [9.17, 15) is 4.79 Å². The first kappa shape index (κ1) is 17.6. The molecule has 0 heterocycles. The molecular weight excluding hydrogens is 350 g/mol. The van der Waals surface area contributed by atoms with Crippen LogP contribution in [0.2, 0.25) is 5.02 Å². The summed E-state index contributed by atoms with van der Waals surface area (Å²) in [6, 6.07) is 24.7. The van der Waals surface area contributed by atoms with Gasteiger partial charge in [-0.15, -0.1) is 11.8 Å². The maximum absolute atomic E-state index is 12.7. The van der Waals surface area contributed by atoms with Crippen LogP contribution in [0, 0.1) is 0 Å². The molecule has 25 heavy (non-hydrogen) atoms. The standard InChI is InChI=1S/C21H18ClNOS/c22-17-12-10-16(11-13-17)21(25-20-9-5-4-8-18(20)23)14-19(24)15-6-2-1-3-7-15/h1-13,21H,14,23H2/t21-/m1/s1. The van der Waals surface area contributed by atoms with E-state index >= 15 is 0 Å². The van der Waals surface area contributed by atoms with E-state index in [-0.39, 0.29) is 11.0 Å². The van der Waals surface area contributed by atoms with Crippen molar-refractivity contribution in [1.82, 2.24) is 0 Å². The normalized spacial score (nSPS) is 11.9. The van der Waals surface area contributed by atoms with Crippen molar-refractivity contribution in [2.75, 3.05) is 5.73 Å². The van der Waals surface area contributed by atoms with Crippen molar-refractivity contribution in [3.05, 3.63) is 95.0 Å². The zero-order valence-corrected chi connectivity index (χ0v) is 15.1. The van der Waals surface area contributed by atoms with Crippen molar-refractivity contribution in [3.8, 4) is 0 Å². The molecule has 2 nitrogen and oxygen atoms in total. The summed E-state index contributed by atoms with van der Waals surface area (Å²) in [4.78, 5) is 13.7. The number of Topliss-reactive ketones (excluding diaryl/α,β-unsaturated/α-hetero) is 1. The number of nitrogen functional groups attached to an aromatic ring is 1. The van der Waals surface area contributed by atoms with Crippen LogP contribution < -0.4 is 5.73 Å². The summed E-state index contributed by atoms with van der Waals surface area (Å²) >= 11 is 7.62. The molecule has 0 fully saturated rings. The molecule has 0 saturated heterocycles. The highest BCUT2D eigenvalue weighted by Gasteiger charge is 2.19. The van der Waals surface area contributed by atoms with Crippen LogP contribution in [0.3, 0.4) is 0 Å². The van der Waals surface area contributed by atoms with E-state index in [0.717, 1.165) is 21.7 Å². The summed E-state index contributed by atoms with van der Waals surface area (Å²) in [5, 5.41) is 0.649. The molecule has 0 aliphatic heterocycles. The van der Waals surface area contributed by atoms with Gasteiger partial charge in [-0.05, 0) is 29.8 Å². The Kier molecular flexibility index (Phi) is 5.79. The molecule has 0 aromatic heterocycles. The maximum atomic E-state index is 12.7. The summed E-state index contributed by atoms with van der Waals surface area (Å²) in [5.41, 5.74) is 8.59. The van der Waals surface area contributed by atoms with Gasteiger partial charge < -0.3 is 5.73 Å². The average Bonchev–Trinajstić information content (AvgIpc) is 2.64. The fourth-order valence-corrected chi connectivity index (χ4v) is 3.88. The number of ketones is 1. The van der Waals surface area contributed by atoms with Crippen LogP contribution >= 0.6 is 23.4 Å². The van der Waals surface area contributed by atoms with Gasteiger partial charge in [0.15, 0.2) is 5.78 Å². The molecule has 126 valence electrons. The van der Waals surface area contributed by atoms with E-state index < -0.39 is 0 Å². The Labute approximate surface area is 157 Å². The van der Waals surface area contributed by atoms with Crippen LogP contribution in [0.25, 0.3) is 0 Å². The van der Waals surface area contributed by atoms with Gasteiger partial charge in [0.2, 0.25) is 0 Å². The number of hydrogen-bond donors (Lipinski definition) is 1. The smallest absolute Gasteiger partial charge is 0.164 e. The van der Waals surface area contributed by atoms with E-state index in [1.54, 1.807) is 11.8 Å². The predicted molar refractivity (Wildman–Crippen MR) is 106 cm³/mol. The van der Waals surface area contributed by atoms with Gasteiger partial charge in [-0.3, -0.25) is 4.79 Å². The highest BCUT2D eigenvalue weighted by Crippen LogP contribution is 2.41. The molecule has 4 heteroatoms. The Bertz CT molecular complexity index is 849. The van der Waals surface area contributed by atoms with Crippen LogP contribution in [0.1, 0.15) is 27.6 Å². The summed E-state index contributed by atoms with van der Waals surface area (Å²) < 4.78 is 0. The number of carbonyl (C=O) groups is 1. The number of anilines is 1. The van der Waals surface area contributed by atoms with Crippen molar-refractivity contribution in [2.45, 2.75) is 16.6 Å². The highest BCUT2D eigenvalue weighted by atomic mass is 35.5. The second-order valence-corrected chi connectivity index (χ2v) is 7.37. The Morgan fingerprint density at radius 2 is 1.56 bits per heavy atom. The lowest BCUT2D eigenvalue weighted by molar-refractivity contribution is 0.0982. The number of nitrogens with two attached hydrogens (primary N) is 1. The molecule has 0 unspecified atom stereocenters. The van der Waals surface area contributed by atoms with Crippen LogP contribution in [0.5, 0.6) is 0 Å². The number of rotatable bonds is 6. The zero-order valence-electron chi connectivity index (χ0n) is 13.6. The lowest BCUT2D eigenvalue weighted by atomic mass is 10.0. The van der Waals surface area contributed by atoms with Crippen molar-refractivity contribution in [3.63, 3.8) is 0 Å². The molecule has 1 atom stereocenters. The van der Waals surface area contributed by atoms with Gasteiger partial charge in [0.1, 0.15) is 0 Å². The Morgan fingerprint density at radius 1 is 0.920 bits per heavy atom. The van der Waals surface area contributed by atoms with Gasteiger partial charge in [0.25, 0.3) is 0 Å². The Hall–Kier alpha value is -2.23. The molecule has 0 radical (unpaired) electrons. The number of hydrogen-bond acceptors (Lipinski definition) is 3. The monoisotopic (exact) mass is 367 g/mol. The molecular formula is C21H18ClNOS. The van der Waals surface area contributed by atoms with Crippen LogP contribution in [-0.4, -0.2) is 5.78 Å². The number of para-hydroxylation sites is 1. The third kappa shape index (κ3) is 4.65. The van der Waals surface area contributed by atoms with Gasteiger partial charge in [-0.25, -0.2) is 0 Å². The minimum Gasteiger partial charge on any atom is -0.398 e. The summed E-state index contributed by atoms with van der Waals surface area (Å²) in [6.07, 6.45) is 0.393. The lowest BCUT2D eigenvalue weighted by Crippen LogP contribution is -2.06. The molecule has 0 bridgehead atoms. The first-order valence-corrected chi connectivity index (χ1v) is 9.24. The van der Waals surface area contributed by atoms with Crippen LogP contribution in [0.4, 0.5) is 5.69 Å². The molecule has 3 aromatic rings. The molecule has 0 aliphatic rings. The van der Waals surface area contributed by atoms with E-state index in [2.05, 4.69) is 0 Å². The molecule has 3 rings (SSSR count). The number of carbonyl (C=O) groups excluding carboxylic acids is 1. The van der Waals surface area contributed by atoms with Crippen molar-refractivity contribution < 1.29 is 4.79 Å². The van der Waals surface area contributed by atoms with E-state index in [1.165, 1.54) is 0 Å². The Morgan fingerprint density at radius 3 is 2.24 bits per heavy atom. The fourth-order valence-electron chi connectivity index (χ4n) is 2.56. The van der Waals surface area contributed by atoms with Crippen molar-refractivity contribution >= 4 is 34.8 Å². The second-order valence-electron chi connectivity index (χ2n) is 5.69. The fraction of sp³-hybridized carbons (Fsp3) is 0.0952. The van der Waals surface area contributed by atoms with Gasteiger partial charge >= 0.3 is 0 Å². The molecule has 0 saturated carbocycles. The number of halogens is 1. The van der Waals surface area contributed by atoms with Crippen molar-refractivity contribution in [1.29, 1.82) is 0 Å². The quantitative estimate of drug-likeness (QED) is 0.328. The predicted octanol–water partition coefficient (Wildman–Crippen LogP) is 6.03. The third-order valence-electron chi connectivity index (χ3n) is 3.90. The Balaban J connectivity index is 1.87.